The topological polar surface area (TPSA) is 107 Å². The largest absolute Gasteiger partial charge is 0.419 e. The molecule has 7 nitrogen and oxygen atoms in total. The highest BCUT2D eigenvalue weighted by molar-refractivity contribution is 7.89. The number of hydrogen-bond acceptors (Lipinski definition) is 5. The van der Waals surface area contributed by atoms with Crippen molar-refractivity contribution < 1.29 is 12.8 Å². The van der Waals surface area contributed by atoms with Gasteiger partial charge in [0.05, 0.1) is 10.4 Å². The van der Waals surface area contributed by atoms with E-state index in [1.165, 1.54) is 16.7 Å². The highest BCUT2D eigenvalue weighted by Crippen LogP contribution is 2.22. The number of oxazole rings is 1. The maximum Gasteiger partial charge on any atom is 0.419 e. The molecule has 1 aromatic carbocycles. The first-order valence-corrected chi connectivity index (χ1v) is 8.24. The van der Waals surface area contributed by atoms with Crippen LogP contribution in [0.25, 0.3) is 11.1 Å². The molecule has 3 N–H and O–H groups in total. The third-order valence-corrected chi connectivity index (χ3v) is 5.44. The molecule has 3 rings (SSSR count). The van der Waals surface area contributed by atoms with Crippen molar-refractivity contribution in [2.24, 2.45) is 12.8 Å². The minimum absolute atomic E-state index is 0.0726. The van der Waals surface area contributed by atoms with Crippen LogP contribution < -0.4 is 16.2 Å². The molecule has 1 fully saturated rings. The van der Waals surface area contributed by atoms with Crippen molar-refractivity contribution in [3.05, 3.63) is 28.7 Å². The summed E-state index contributed by atoms with van der Waals surface area (Å²) in [7, 11) is -2.11. The lowest BCUT2D eigenvalue weighted by atomic mass is 10.2. The maximum absolute atomic E-state index is 12.4. The molecule has 114 valence electrons. The summed E-state index contributed by atoms with van der Waals surface area (Å²) >= 11 is 0. The van der Waals surface area contributed by atoms with Gasteiger partial charge in [-0.2, -0.15) is 0 Å². The van der Waals surface area contributed by atoms with Gasteiger partial charge in [-0.15, -0.1) is 0 Å². The van der Waals surface area contributed by atoms with Gasteiger partial charge >= 0.3 is 5.76 Å². The fourth-order valence-corrected chi connectivity index (χ4v) is 4.02. The number of hydrogen-bond donors (Lipinski definition) is 2. The van der Waals surface area contributed by atoms with E-state index in [1.807, 2.05) is 0 Å². The number of nitrogens with one attached hydrogen (secondary N) is 1. The predicted octanol–water partition coefficient (Wildman–Crippen LogP) is 0.290. The average molecular weight is 311 g/mol. The summed E-state index contributed by atoms with van der Waals surface area (Å²) < 4.78 is 33.7. The van der Waals surface area contributed by atoms with Crippen LogP contribution in [0.1, 0.15) is 19.3 Å². The zero-order valence-electron chi connectivity index (χ0n) is 11.6. The number of aryl methyl sites for hydroxylation is 1. The summed E-state index contributed by atoms with van der Waals surface area (Å²) in [5.74, 6) is -0.523. The number of nitrogens with zero attached hydrogens (tertiary/aromatic N) is 1. The maximum atomic E-state index is 12.4. The van der Waals surface area contributed by atoms with Crippen molar-refractivity contribution in [1.82, 2.24) is 9.29 Å². The second kappa shape index (κ2) is 4.97. The van der Waals surface area contributed by atoms with Crippen LogP contribution in [0.5, 0.6) is 0 Å². The van der Waals surface area contributed by atoms with Crippen LogP contribution in [-0.2, 0) is 17.1 Å². The van der Waals surface area contributed by atoms with Crippen molar-refractivity contribution in [2.45, 2.75) is 36.2 Å². The number of benzene rings is 1. The smallest absolute Gasteiger partial charge is 0.408 e. The zero-order valence-corrected chi connectivity index (χ0v) is 12.4. The Bertz CT molecular complexity index is 837. The minimum atomic E-state index is -3.67. The fourth-order valence-electron chi connectivity index (χ4n) is 2.68. The van der Waals surface area contributed by atoms with Gasteiger partial charge in [-0.1, -0.05) is 6.42 Å². The van der Waals surface area contributed by atoms with Crippen LogP contribution in [0.4, 0.5) is 0 Å². The van der Waals surface area contributed by atoms with Gasteiger partial charge in [0, 0.05) is 25.2 Å². The van der Waals surface area contributed by atoms with Crippen LogP contribution in [0, 0.1) is 0 Å². The number of rotatable bonds is 3. The molecule has 0 spiro atoms. The summed E-state index contributed by atoms with van der Waals surface area (Å²) in [6.07, 6.45) is 2.48. The van der Waals surface area contributed by atoms with Gasteiger partial charge in [0.25, 0.3) is 0 Å². The number of aromatic nitrogens is 1. The summed E-state index contributed by atoms with van der Waals surface area (Å²) in [6, 6.07) is 3.98. The molecule has 2 atom stereocenters. The van der Waals surface area contributed by atoms with Crippen LogP contribution >= 0.6 is 0 Å². The fraction of sp³-hybridized carbons (Fsp3) is 0.462. The lowest BCUT2D eigenvalue weighted by Crippen LogP contribution is -2.43. The van der Waals surface area contributed by atoms with Crippen LogP contribution in [0.3, 0.4) is 0 Å². The molecule has 1 aliphatic carbocycles. The molecule has 0 bridgehead atoms. The third kappa shape index (κ3) is 2.50. The van der Waals surface area contributed by atoms with E-state index < -0.39 is 15.8 Å². The third-order valence-electron chi connectivity index (χ3n) is 3.95. The monoisotopic (exact) mass is 311 g/mol. The highest BCUT2D eigenvalue weighted by Gasteiger charge is 2.29. The van der Waals surface area contributed by atoms with E-state index in [0.717, 1.165) is 19.3 Å². The molecule has 0 radical (unpaired) electrons. The molecule has 0 aliphatic heterocycles. The number of sulfonamides is 1. The molecule has 2 unspecified atom stereocenters. The first kappa shape index (κ1) is 14.3. The normalized spacial score (nSPS) is 23.0. The molecule has 8 heteroatoms. The van der Waals surface area contributed by atoms with Gasteiger partial charge < -0.3 is 10.2 Å². The van der Waals surface area contributed by atoms with Crippen LogP contribution in [0.15, 0.2) is 32.3 Å². The molecule has 1 heterocycles. The second-order valence-electron chi connectivity index (χ2n) is 5.38. The Morgan fingerprint density at radius 1 is 1.38 bits per heavy atom. The van der Waals surface area contributed by atoms with E-state index in [-0.39, 0.29) is 22.6 Å². The minimum Gasteiger partial charge on any atom is -0.408 e. The van der Waals surface area contributed by atoms with E-state index in [2.05, 4.69) is 4.72 Å². The second-order valence-corrected chi connectivity index (χ2v) is 7.09. The molecule has 21 heavy (non-hydrogen) atoms. The first-order valence-electron chi connectivity index (χ1n) is 6.76. The van der Waals surface area contributed by atoms with Gasteiger partial charge in [-0.25, -0.2) is 17.9 Å². The van der Waals surface area contributed by atoms with Crippen molar-refractivity contribution in [1.29, 1.82) is 0 Å². The van der Waals surface area contributed by atoms with Gasteiger partial charge in [0.15, 0.2) is 5.58 Å². The Morgan fingerprint density at radius 3 is 2.81 bits per heavy atom. The Morgan fingerprint density at radius 2 is 2.14 bits per heavy atom. The van der Waals surface area contributed by atoms with Gasteiger partial charge in [-0.05, 0) is 25.0 Å². The molecule has 1 aliphatic rings. The molecular formula is C13H17N3O4S. The van der Waals surface area contributed by atoms with Gasteiger partial charge in [0.2, 0.25) is 10.0 Å². The summed E-state index contributed by atoms with van der Waals surface area (Å²) in [5.41, 5.74) is 6.69. The standard InChI is InChI=1S/C13H17N3O4S/c1-16-11-6-5-8(7-12(11)20-13(16)17)21(18,19)15-10-4-2-3-9(10)14/h5-7,9-10,15H,2-4,14H2,1H3. The molecule has 0 amide bonds. The molecule has 1 saturated carbocycles. The van der Waals surface area contributed by atoms with E-state index in [4.69, 9.17) is 10.2 Å². The SMILES string of the molecule is Cn1c(=O)oc2cc(S(=O)(=O)NC3CCCC3N)ccc21. The Kier molecular flexibility index (Phi) is 3.39. The lowest BCUT2D eigenvalue weighted by Gasteiger charge is -2.17. The molecule has 0 saturated heterocycles. The van der Waals surface area contributed by atoms with Gasteiger partial charge in [0.1, 0.15) is 0 Å². The first-order chi connectivity index (χ1) is 9.88. The van der Waals surface area contributed by atoms with Crippen LogP contribution in [-0.4, -0.2) is 25.1 Å². The highest BCUT2D eigenvalue weighted by atomic mass is 32.2. The molecule has 2 aromatic rings. The summed E-state index contributed by atoms with van der Waals surface area (Å²) in [6.45, 7) is 0. The van der Waals surface area contributed by atoms with E-state index >= 15 is 0 Å². The quantitative estimate of drug-likeness (QED) is 0.847. The average Bonchev–Trinajstić information content (AvgIpc) is 2.94. The van der Waals surface area contributed by atoms with Crippen molar-refractivity contribution >= 4 is 21.1 Å². The lowest BCUT2D eigenvalue weighted by molar-refractivity contribution is 0.520. The van der Waals surface area contributed by atoms with Crippen molar-refractivity contribution in [3.8, 4) is 0 Å². The Balaban J connectivity index is 1.97. The number of nitrogens with two attached hydrogens (primary N) is 1. The van der Waals surface area contributed by atoms with Crippen molar-refractivity contribution in [3.63, 3.8) is 0 Å². The zero-order chi connectivity index (χ0) is 15.2. The van der Waals surface area contributed by atoms with E-state index in [1.54, 1.807) is 13.1 Å². The predicted molar refractivity (Wildman–Crippen MR) is 77.4 cm³/mol. The molecule has 1 aromatic heterocycles. The van der Waals surface area contributed by atoms with E-state index in [9.17, 15) is 13.2 Å². The van der Waals surface area contributed by atoms with Crippen molar-refractivity contribution in [2.75, 3.05) is 0 Å². The number of fused-ring (bicyclic) bond motifs is 1. The molecular weight excluding hydrogens is 294 g/mol. The summed E-state index contributed by atoms with van der Waals surface area (Å²) in [4.78, 5) is 11.5. The van der Waals surface area contributed by atoms with E-state index in [0.29, 0.717) is 5.52 Å². The Hall–Kier alpha value is -1.64. The Labute approximate surface area is 121 Å². The van der Waals surface area contributed by atoms with Crippen LogP contribution in [0.2, 0.25) is 0 Å². The van der Waals surface area contributed by atoms with Gasteiger partial charge in [-0.3, -0.25) is 4.57 Å². The summed E-state index contributed by atoms with van der Waals surface area (Å²) in [5, 5.41) is 0.